The molecule has 4 heteroatoms. The topological polar surface area (TPSA) is 37.8 Å². The SMILES string of the molecule is Cc1cc(Nc2ccc(C(C)C)cc2)nc(Cl)n1. The lowest BCUT2D eigenvalue weighted by Crippen LogP contribution is -1.97. The first kappa shape index (κ1) is 12.8. The van der Waals surface area contributed by atoms with Crippen LogP contribution in [0.2, 0.25) is 5.28 Å². The minimum Gasteiger partial charge on any atom is -0.340 e. The van der Waals surface area contributed by atoms with Crippen molar-refractivity contribution in [1.29, 1.82) is 0 Å². The number of anilines is 2. The van der Waals surface area contributed by atoms with Crippen molar-refractivity contribution in [2.45, 2.75) is 26.7 Å². The number of aromatic nitrogens is 2. The maximum Gasteiger partial charge on any atom is 0.224 e. The third-order valence-electron chi connectivity index (χ3n) is 2.68. The molecule has 1 aromatic heterocycles. The normalized spacial score (nSPS) is 10.7. The quantitative estimate of drug-likeness (QED) is 0.837. The van der Waals surface area contributed by atoms with Gasteiger partial charge in [-0.3, -0.25) is 0 Å². The molecule has 0 saturated heterocycles. The van der Waals surface area contributed by atoms with Gasteiger partial charge in [-0.05, 0) is 42.1 Å². The fourth-order valence-electron chi connectivity index (χ4n) is 1.70. The van der Waals surface area contributed by atoms with E-state index in [1.165, 1.54) is 5.56 Å². The molecule has 0 bridgehead atoms. The van der Waals surface area contributed by atoms with Gasteiger partial charge in [-0.2, -0.15) is 0 Å². The molecule has 0 aliphatic carbocycles. The molecule has 18 heavy (non-hydrogen) atoms. The van der Waals surface area contributed by atoms with E-state index in [0.717, 1.165) is 11.4 Å². The first-order valence-electron chi connectivity index (χ1n) is 5.93. The zero-order valence-corrected chi connectivity index (χ0v) is 11.5. The molecule has 1 aromatic carbocycles. The minimum atomic E-state index is 0.260. The Morgan fingerprint density at radius 1 is 1.11 bits per heavy atom. The second-order valence-corrected chi connectivity index (χ2v) is 4.90. The number of nitrogens with one attached hydrogen (secondary N) is 1. The third kappa shape index (κ3) is 3.20. The second-order valence-electron chi connectivity index (χ2n) is 4.57. The number of nitrogens with zero attached hydrogens (tertiary/aromatic N) is 2. The lowest BCUT2D eigenvalue weighted by atomic mass is 10.0. The van der Waals surface area contributed by atoms with E-state index in [4.69, 9.17) is 11.6 Å². The fraction of sp³-hybridized carbons (Fsp3) is 0.286. The second kappa shape index (κ2) is 5.36. The summed E-state index contributed by atoms with van der Waals surface area (Å²) in [5, 5.41) is 3.48. The number of halogens is 1. The van der Waals surface area contributed by atoms with E-state index in [0.29, 0.717) is 11.7 Å². The summed E-state index contributed by atoms with van der Waals surface area (Å²) in [7, 11) is 0. The van der Waals surface area contributed by atoms with Crippen LogP contribution < -0.4 is 5.32 Å². The fourth-order valence-corrected chi connectivity index (χ4v) is 1.92. The number of benzene rings is 1. The summed E-state index contributed by atoms with van der Waals surface area (Å²) < 4.78 is 0. The summed E-state index contributed by atoms with van der Waals surface area (Å²) in [5.41, 5.74) is 3.15. The molecule has 1 heterocycles. The van der Waals surface area contributed by atoms with Crippen molar-refractivity contribution in [3.05, 3.63) is 46.9 Å². The van der Waals surface area contributed by atoms with Crippen LogP contribution in [0.25, 0.3) is 0 Å². The highest BCUT2D eigenvalue weighted by Crippen LogP contribution is 2.20. The van der Waals surface area contributed by atoms with Crippen LogP contribution in [-0.4, -0.2) is 9.97 Å². The van der Waals surface area contributed by atoms with Crippen molar-refractivity contribution in [2.24, 2.45) is 0 Å². The smallest absolute Gasteiger partial charge is 0.224 e. The lowest BCUT2D eigenvalue weighted by molar-refractivity contribution is 0.867. The van der Waals surface area contributed by atoms with Crippen LogP contribution in [0.15, 0.2) is 30.3 Å². The monoisotopic (exact) mass is 261 g/mol. The number of aryl methyl sites for hydroxylation is 1. The number of rotatable bonds is 3. The van der Waals surface area contributed by atoms with Crippen LogP contribution in [0.1, 0.15) is 31.0 Å². The highest BCUT2D eigenvalue weighted by Gasteiger charge is 2.02. The Balaban J connectivity index is 2.18. The van der Waals surface area contributed by atoms with Crippen molar-refractivity contribution in [2.75, 3.05) is 5.32 Å². The van der Waals surface area contributed by atoms with Crippen LogP contribution in [0, 0.1) is 6.92 Å². The molecule has 0 aliphatic rings. The van der Waals surface area contributed by atoms with Crippen molar-refractivity contribution in [1.82, 2.24) is 9.97 Å². The molecule has 0 atom stereocenters. The largest absolute Gasteiger partial charge is 0.340 e. The molecule has 3 nitrogen and oxygen atoms in total. The Morgan fingerprint density at radius 2 is 1.78 bits per heavy atom. The molecular formula is C14H16ClN3. The molecule has 2 rings (SSSR count). The summed E-state index contributed by atoms with van der Waals surface area (Å²) in [6, 6.07) is 10.2. The van der Waals surface area contributed by atoms with Gasteiger partial charge in [0.2, 0.25) is 5.28 Å². The van der Waals surface area contributed by atoms with Gasteiger partial charge in [-0.1, -0.05) is 26.0 Å². The average Bonchev–Trinajstić information content (AvgIpc) is 2.28. The molecule has 2 aromatic rings. The van der Waals surface area contributed by atoms with Gasteiger partial charge < -0.3 is 5.32 Å². The maximum atomic E-state index is 5.82. The van der Waals surface area contributed by atoms with Crippen molar-refractivity contribution < 1.29 is 0 Å². The van der Waals surface area contributed by atoms with Crippen molar-refractivity contribution >= 4 is 23.1 Å². The van der Waals surface area contributed by atoms with Gasteiger partial charge in [0.25, 0.3) is 0 Å². The summed E-state index contributed by atoms with van der Waals surface area (Å²) in [4.78, 5) is 8.16. The Bertz CT molecular complexity index is 515. The summed E-state index contributed by atoms with van der Waals surface area (Å²) in [6.45, 7) is 6.24. The molecule has 0 saturated carbocycles. The van der Waals surface area contributed by atoms with Gasteiger partial charge in [0.1, 0.15) is 5.82 Å². The molecular weight excluding hydrogens is 246 g/mol. The van der Waals surface area contributed by atoms with E-state index in [9.17, 15) is 0 Å². The standard InChI is InChI=1S/C14H16ClN3/c1-9(2)11-4-6-12(7-5-11)17-13-8-10(3)16-14(15)18-13/h4-9H,1-3H3,(H,16,17,18). The zero-order chi connectivity index (χ0) is 13.1. The van der Waals surface area contributed by atoms with Gasteiger partial charge in [-0.25, -0.2) is 9.97 Å². The Labute approximate surface area is 112 Å². The van der Waals surface area contributed by atoms with Gasteiger partial charge in [0, 0.05) is 17.4 Å². The zero-order valence-electron chi connectivity index (χ0n) is 10.7. The lowest BCUT2D eigenvalue weighted by Gasteiger charge is -2.09. The van der Waals surface area contributed by atoms with Gasteiger partial charge >= 0.3 is 0 Å². The van der Waals surface area contributed by atoms with E-state index < -0.39 is 0 Å². The molecule has 0 unspecified atom stereocenters. The van der Waals surface area contributed by atoms with Crippen LogP contribution >= 0.6 is 11.6 Å². The predicted octanol–water partition coefficient (Wildman–Crippen LogP) is 4.31. The Kier molecular flexibility index (Phi) is 3.82. The number of hydrogen-bond acceptors (Lipinski definition) is 3. The van der Waals surface area contributed by atoms with E-state index >= 15 is 0 Å². The predicted molar refractivity (Wildman–Crippen MR) is 75.6 cm³/mol. The molecule has 0 fully saturated rings. The summed E-state index contributed by atoms with van der Waals surface area (Å²) >= 11 is 5.82. The highest BCUT2D eigenvalue weighted by molar-refractivity contribution is 6.28. The van der Waals surface area contributed by atoms with Crippen molar-refractivity contribution in [3.8, 4) is 0 Å². The van der Waals surface area contributed by atoms with Crippen LogP contribution in [-0.2, 0) is 0 Å². The third-order valence-corrected chi connectivity index (χ3v) is 2.85. The van der Waals surface area contributed by atoms with Gasteiger partial charge in [0.15, 0.2) is 0 Å². The maximum absolute atomic E-state index is 5.82. The summed E-state index contributed by atoms with van der Waals surface area (Å²) in [5.74, 6) is 1.25. The molecule has 0 amide bonds. The first-order valence-corrected chi connectivity index (χ1v) is 6.30. The van der Waals surface area contributed by atoms with Gasteiger partial charge in [-0.15, -0.1) is 0 Å². The molecule has 94 valence electrons. The van der Waals surface area contributed by atoms with Crippen LogP contribution in [0.5, 0.6) is 0 Å². The van der Waals surface area contributed by atoms with E-state index in [2.05, 4.69) is 41.3 Å². The summed E-state index contributed by atoms with van der Waals surface area (Å²) in [6.07, 6.45) is 0. The van der Waals surface area contributed by atoms with E-state index in [1.54, 1.807) is 0 Å². The minimum absolute atomic E-state index is 0.260. The van der Waals surface area contributed by atoms with Crippen LogP contribution in [0.3, 0.4) is 0 Å². The molecule has 0 aliphatic heterocycles. The molecule has 0 radical (unpaired) electrons. The Hall–Kier alpha value is -1.61. The Morgan fingerprint density at radius 3 is 2.33 bits per heavy atom. The van der Waals surface area contributed by atoms with Crippen molar-refractivity contribution in [3.63, 3.8) is 0 Å². The average molecular weight is 262 g/mol. The van der Waals surface area contributed by atoms with E-state index in [-0.39, 0.29) is 5.28 Å². The molecule has 1 N–H and O–H groups in total. The number of hydrogen-bond donors (Lipinski definition) is 1. The molecule has 0 spiro atoms. The first-order chi connectivity index (χ1) is 8.54. The highest BCUT2D eigenvalue weighted by atomic mass is 35.5. The van der Waals surface area contributed by atoms with Crippen LogP contribution in [0.4, 0.5) is 11.5 Å². The van der Waals surface area contributed by atoms with E-state index in [1.807, 2.05) is 25.1 Å². The van der Waals surface area contributed by atoms with Gasteiger partial charge in [0.05, 0.1) is 0 Å².